The molecule has 0 amide bonds. The van der Waals surface area contributed by atoms with E-state index in [9.17, 15) is 4.79 Å². The molecule has 0 aliphatic heterocycles. The monoisotopic (exact) mass is 190 g/mol. The quantitative estimate of drug-likeness (QED) is 0.565. The molecule has 0 aliphatic carbocycles. The average molecular weight is 191 g/mol. The highest BCUT2D eigenvalue weighted by Crippen LogP contribution is 1.76. The number of carbonyl (C=O) groups excluding carboxylic acids is 1. The Morgan fingerprint density at radius 1 is 1.60 bits per heavy atom. The Morgan fingerprint density at radius 3 is 2.10 bits per heavy atom. The van der Waals surface area contributed by atoms with Crippen LogP contribution in [0.15, 0.2) is 0 Å². The summed E-state index contributed by atoms with van der Waals surface area (Å²) in [5.41, 5.74) is 10.2. The summed E-state index contributed by atoms with van der Waals surface area (Å²) in [6.07, 6.45) is 0. The number of hydrogen-bond donors (Lipinski definition) is 2. The van der Waals surface area contributed by atoms with E-state index in [0.717, 1.165) is 0 Å². The third-order valence-electron chi connectivity index (χ3n) is 0.758. The summed E-state index contributed by atoms with van der Waals surface area (Å²) in [4.78, 5) is 10.3. The standard InChI is InChI=1S/C4H10N2O2.2ClH/c1-8-4(7)3(6)2-5;;/h3H,2,5-6H2,1H3;2*1H. The van der Waals surface area contributed by atoms with Gasteiger partial charge in [0, 0.05) is 6.54 Å². The molecule has 0 heterocycles. The number of ether oxygens (including phenoxy) is 1. The molecule has 0 saturated carbocycles. The highest BCUT2D eigenvalue weighted by atomic mass is 35.5. The lowest BCUT2D eigenvalue weighted by Crippen LogP contribution is -2.38. The van der Waals surface area contributed by atoms with Crippen molar-refractivity contribution in [1.82, 2.24) is 0 Å². The van der Waals surface area contributed by atoms with Crippen molar-refractivity contribution in [2.24, 2.45) is 11.5 Å². The predicted molar refractivity (Wildman–Crippen MR) is 43.5 cm³/mol. The Labute approximate surface area is 72.1 Å². The summed E-state index contributed by atoms with van der Waals surface area (Å²) in [6, 6.07) is -0.667. The van der Waals surface area contributed by atoms with Gasteiger partial charge in [-0.2, -0.15) is 0 Å². The van der Waals surface area contributed by atoms with Crippen LogP contribution in [0.2, 0.25) is 0 Å². The first-order valence-corrected chi connectivity index (χ1v) is 2.26. The molecule has 0 rings (SSSR count). The van der Waals surface area contributed by atoms with Crippen LogP contribution in [0.25, 0.3) is 0 Å². The van der Waals surface area contributed by atoms with Gasteiger partial charge in [0.1, 0.15) is 6.04 Å². The van der Waals surface area contributed by atoms with Crippen molar-refractivity contribution in [1.29, 1.82) is 0 Å². The van der Waals surface area contributed by atoms with E-state index in [0.29, 0.717) is 0 Å². The molecular formula is C4H12Cl2N2O2. The lowest BCUT2D eigenvalue weighted by atomic mass is 10.3. The Bertz CT molecular complexity index is 91.3. The van der Waals surface area contributed by atoms with Crippen molar-refractivity contribution in [3.63, 3.8) is 0 Å². The molecule has 6 heteroatoms. The zero-order valence-electron chi connectivity index (χ0n) is 5.57. The Balaban J connectivity index is -0.000000245. The zero-order valence-corrected chi connectivity index (χ0v) is 7.21. The maximum Gasteiger partial charge on any atom is 0.323 e. The van der Waals surface area contributed by atoms with Crippen molar-refractivity contribution in [3.8, 4) is 0 Å². The van der Waals surface area contributed by atoms with Crippen LogP contribution in [0.1, 0.15) is 0 Å². The summed E-state index contributed by atoms with van der Waals surface area (Å²) in [6.45, 7) is 0.132. The summed E-state index contributed by atoms with van der Waals surface area (Å²) in [5.74, 6) is -0.465. The molecule has 0 aromatic rings. The number of methoxy groups -OCH3 is 1. The molecule has 4 nitrogen and oxygen atoms in total. The average Bonchev–Trinajstić information content (AvgIpc) is 1.84. The van der Waals surface area contributed by atoms with Gasteiger partial charge in [0.2, 0.25) is 0 Å². The van der Waals surface area contributed by atoms with E-state index in [1.54, 1.807) is 0 Å². The van der Waals surface area contributed by atoms with E-state index >= 15 is 0 Å². The summed E-state index contributed by atoms with van der Waals surface area (Å²) in [7, 11) is 1.28. The smallest absolute Gasteiger partial charge is 0.323 e. The van der Waals surface area contributed by atoms with E-state index in [2.05, 4.69) is 4.74 Å². The van der Waals surface area contributed by atoms with Gasteiger partial charge in [-0.15, -0.1) is 24.8 Å². The lowest BCUT2D eigenvalue weighted by Gasteiger charge is -2.03. The van der Waals surface area contributed by atoms with Gasteiger partial charge in [-0.3, -0.25) is 4.79 Å². The second-order valence-corrected chi connectivity index (χ2v) is 1.37. The van der Waals surface area contributed by atoms with Crippen LogP contribution in [0.4, 0.5) is 0 Å². The first-order chi connectivity index (χ1) is 3.72. The van der Waals surface area contributed by atoms with Gasteiger partial charge in [-0.05, 0) is 0 Å². The van der Waals surface area contributed by atoms with Gasteiger partial charge < -0.3 is 16.2 Å². The summed E-state index contributed by atoms with van der Waals surface area (Å²) < 4.78 is 4.26. The number of esters is 1. The highest BCUT2D eigenvalue weighted by molar-refractivity contribution is 5.85. The molecule has 0 aliphatic rings. The van der Waals surface area contributed by atoms with E-state index in [1.807, 2.05) is 0 Å². The van der Waals surface area contributed by atoms with Gasteiger partial charge >= 0.3 is 5.97 Å². The number of nitrogens with two attached hydrogens (primary N) is 2. The number of rotatable bonds is 2. The van der Waals surface area contributed by atoms with Crippen LogP contribution >= 0.6 is 24.8 Å². The Morgan fingerprint density at radius 2 is 2.00 bits per heavy atom. The van der Waals surface area contributed by atoms with Gasteiger partial charge in [0.25, 0.3) is 0 Å². The maximum atomic E-state index is 10.3. The normalized spacial score (nSPS) is 10.3. The minimum Gasteiger partial charge on any atom is -0.468 e. The minimum absolute atomic E-state index is 0. The third kappa shape index (κ3) is 6.10. The SMILES string of the molecule is COC(=O)C(N)CN.Cl.Cl. The fourth-order valence-electron chi connectivity index (χ4n) is 0.248. The zero-order chi connectivity index (χ0) is 6.57. The third-order valence-corrected chi connectivity index (χ3v) is 0.758. The number of hydrogen-bond acceptors (Lipinski definition) is 4. The number of carbonyl (C=O) groups is 1. The van der Waals surface area contributed by atoms with Gasteiger partial charge in [0.15, 0.2) is 0 Å². The van der Waals surface area contributed by atoms with Crippen LogP contribution < -0.4 is 11.5 Å². The minimum atomic E-state index is -0.667. The molecule has 10 heavy (non-hydrogen) atoms. The largest absolute Gasteiger partial charge is 0.468 e. The molecule has 1 unspecified atom stereocenters. The molecule has 0 radical (unpaired) electrons. The van der Waals surface area contributed by atoms with Crippen LogP contribution in [-0.2, 0) is 9.53 Å². The molecular weight excluding hydrogens is 179 g/mol. The lowest BCUT2D eigenvalue weighted by molar-refractivity contribution is -0.141. The van der Waals surface area contributed by atoms with Crippen LogP contribution in [-0.4, -0.2) is 25.7 Å². The Hall–Kier alpha value is -0.0300. The van der Waals surface area contributed by atoms with Crippen molar-refractivity contribution in [3.05, 3.63) is 0 Å². The number of halogens is 2. The molecule has 0 spiro atoms. The van der Waals surface area contributed by atoms with Crippen molar-refractivity contribution >= 4 is 30.8 Å². The Kier molecular flexibility index (Phi) is 14.8. The summed E-state index contributed by atoms with van der Waals surface area (Å²) >= 11 is 0. The second-order valence-electron chi connectivity index (χ2n) is 1.37. The van der Waals surface area contributed by atoms with E-state index < -0.39 is 12.0 Å². The molecule has 0 aromatic heterocycles. The maximum absolute atomic E-state index is 10.3. The topological polar surface area (TPSA) is 78.3 Å². The molecule has 0 bridgehead atoms. The van der Waals surface area contributed by atoms with Gasteiger partial charge in [0.05, 0.1) is 7.11 Å². The first kappa shape index (κ1) is 16.5. The molecule has 0 aromatic carbocycles. The predicted octanol–water partition coefficient (Wildman–Crippen LogP) is -0.711. The van der Waals surface area contributed by atoms with Crippen LogP contribution in [0, 0.1) is 0 Å². The van der Waals surface area contributed by atoms with Gasteiger partial charge in [-0.25, -0.2) is 0 Å². The van der Waals surface area contributed by atoms with Crippen molar-refractivity contribution in [2.45, 2.75) is 6.04 Å². The molecule has 0 fully saturated rings. The molecule has 1 atom stereocenters. The van der Waals surface area contributed by atoms with E-state index in [-0.39, 0.29) is 31.4 Å². The summed E-state index contributed by atoms with van der Waals surface area (Å²) in [5, 5.41) is 0. The van der Waals surface area contributed by atoms with Crippen molar-refractivity contribution < 1.29 is 9.53 Å². The first-order valence-electron chi connectivity index (χ1n) is 2.26. The molecule has 64 valence electrons. The van der Waals surface area contributed by atoms with Crippen LogP contribution in [0.3, 0.4) is 0 Å². The van der Waals surface area contributed by atoms with E-state index in [4.69, 9.17) is 11.5 Å². The molecule has 4 N–H and O–H groups in total. The second kappa shape index (κ2) is 8.97. The molecule has 0 saturated heterocycles. The van der Waals surface area contributed by atoms with Crippen molar-refractivity contribution in [2.75, 3.05) is 13.7 Å². The van der Waals surface area contributed by atoms with Gasteiger partial charge in [-0.1, -0.05) is 0 Å². The van der Waals surface area contributed by atoms with E-state index in [1.165, 1.54) is 7.11 Å². The fourth-order valence-corrected chi connectivity index (χ4v) is 0.248. The van der Waals surface area contributed by atoms with Crippen LogP contribution in [0.5, 0.6) is 0 Å². The fraction of sp³-hybridized carbons (Fsp3) is 0.750. The highest BCUT2D eigenvalue weighted by Gasteiger charge is 2.09.